The fraction of sp³-hybridized carbons (Fsp3) is 0.556. The fourth-order valence-corrected chi connectivity index (χ4v) is 3.22. The van der Waals surface area contributed by atoms with Gasteiger partial charge in [-0.2, -0.15) is 0 Å². The Bertz CT molecular complexity index is 518. The van der Waals surface area contributed by atoms with Crippen molar-refractivity contribution >= 4 is 11.8 Å². The van der Waals surface area contributed by atoms with Crippen molar-refractivity contribution in [2.24, 2.45) is 5.92 Å². The first-order valence-corrected chi connectivity index (χ1v) is 8.30. The molecule has 2 amide bonds. The van der Waals surface area contributed by atoms with Gasteiger partial charge in [0, 0.05) is 33.2 Å². The van der Waals surface area contributed by atoms with Crippen LogP contribution >= 0.6 is 0 Å². The molecule has 0 aromatic heterocycles. The number of ether oxygens (including phenoxy) is 1. The minimum atomic E-state index is -0.197. The van der Waals surface area contributed by atoms with Crippen LogP contribution in [0.15, 0.2) is 30.3 Å². The summed E-state index contributed by atoms with van der Waals surface area (Å²) >= 11 is 0. The molecule has 1 fully saturated rings. The van der Waals surface area contributed by atoms with Gasteiger partial charge in [0.15, 0.2) is 0 Å². The number of amides is 2. The number of benzene rings is 1. The van der Waals surface area contributed by atoms with Crippen LogP contribution < -0.4 is 5.32 Å². The molecule has 0 aliphatic carbocycles. The van der Waals surface area contributed by atoms with Crippen LogP contribution in [0.25, 0.3) is 0 Å². The Morgan fingerprint density at radius 3 is 2.74 bits per heavy atom. The van der Waals surface area contributed by atoms with Gasteiger partial charge in [0.1, 0.15) is 0 Å². The molecule has 1 aromatic rings. The quantitative estimate of drug-likeness (QED) is 0.784. The summed E-state index contributed by atoms with van der Waals surface area (Å²) < 4.78 is 5.00. The van der Waals surface area contributed by atoms with Crippen molar-refractivity contribution in [2.75, 3.05) is 26.8 Å². The zero-order valence-corrected chi connectivity index (χ0v) is 14.0. The third-order valence-electron chi connectivity index (χ3n) is 4.35. The van der Waals surface area contributed by atoms with Gasteiger partial charge >= 0.3 is 0 Å². The van der Waals surface area contributed by atoms with Gasteiger partial charge < -0.3 is 15.0 Å². The van der Waals surface area contributed by atoms with Crippen LogP contribution in [0.1, 0.15) is 37.8 Å². The molecule has 5 nitrogen and oxygen atoms in total. The summed E-state index contributed by atoms with van der Waals surface area (Å²) in [7, 11) is 1.65. The van der Waals surface area contributed by atoms with E-state index in [2.05, 4.69) is 5.32 Å². The Morgan fingerprint density at radius 1 is 1.35 bits per heavy atom. The maximum absolute atomic E-state index is 12.6. The van der Waals surface area contributed by atoms with Crippen LogP contribution in [0.3, 0.4) is 0 Å². The topological polar surface area (TPSA) is 58.6 Å². The highest BCUT2D eigenvalue weighted by atomic mass is 16.5. The molecule has 1 N–H and O–H groups in total. The number of hydrogen-bond acceptors (Lipinski definition) is 3. The van der Waals surface area contributed by atoms with E-state index in [4.69, 9.17) is 4.74 Å². The van der Waals surface area contributed by atoms with E-state index in [0.29, 0.717) is 32.5 Å². The van der Waals surface area contributed by atoms with Crippen LogP contribution in [-0.2, 0) is 14.3 Å². The van der Waals surface area contributed by atoms with Gasteiger partial charge in [-0.15, -0.1) is 0 Å². The summed E-state index contributed by atoms with van der Waals surface area (Å²) in [5, 5.41) is 2.99. The number of nitrogens with zero attached hydrogens (tertiary/aromatic N) is 1. The smallest absolute Gasteiger partial charge is 0.225 e. The zero-order chi connectivity index (χ0) is 16.7. The molecule has 1 heterocycles. The monoisotopic (exact) mass is 318 g/mol. The van der Waals surface area contributed by atoms with Gasteiger partial charge in [-0.25, -0.2) is 0 Å². The summed E-state index contributed by atoms with van der Waals surface area (Å²) in [6.45, 7) is 3.82. The van der Waals surface area contributed by atoms with Crippen LogP contribution in [0.2, 0.25) is 0 Å². The van der Waals surface area contributed by atoms with Gasteiger partial charge in [-0.1, -0.05) is 30.3 Å². The van der Waals surface area contributed by atoms with Crippen molar-refractivity contribution in [2.45, 2.75) is 32.2 Å². The van der Waals surface area contributed by atoms with Crippen molar-refractivity contribution in [3.63, 3.8) is 0 Å². The number of methoxy groups -OCH3 is 1. The molecule has 1 saturated heterocycles. The lowest BCUT2D eigenvalue weighted by molar-refractivity contribution is -0.143. The molecule has 1 aromatic carbocycles. The van der Waals surface area contributed by atoms with Crippen molar-refractivity contribution in [3.05, 3.63) is 35.9 Å². The maximum atomic E-state index is 12.6. The van der Waals surface area contributed by atoms with E-state index < -0.39 is 0 Å². The zero-order valence-electron chi connectivity index (χ0n) is 14.0. The predicted molar refractivity (Wildman–Crippen MR) is 88.8 cm³/mol. The van der Waals surface area contributed by atoms with E-state index in [0.717, 1.165) is 12.0 Å². The average Bonchev–Trinajstić information content (AvgIpc) is 2.59. The Morgan fingerprint density at radius 2 is 2.09 bits per heavy atom. The van der Waals surface area contributed by atoms with Crippen molar-refractivity contribution < 1.29 is 14.3 Å². The third kappa shape index (κ3) is 4.32. The van der Waals surface area contributed by atoms with Gasteiger partial charge in [-0.05, 0) is 25.3 Å². The lowest BCUT2D eigenvalue weighted by Crippen LogP contribution is -2.48. The first-order chi connectivity index (χ1) is 11.2. The standard InChI is InChI=1S/C18H26N2O3/c1-3-20-16(21)11-10-15(18(22)19-12-7-13-23-2)17(20)14-8-5-4-6-9-14/h4-6,8-9,15,17H,3,7,10-13H2,1-2H3,(H,19,22)/t15-,17+/m1/s1. The predicted octanol–water partition coefficient (Wildman–Crippen LogP) is 2.14. The molecule has 0 saturated carbocycles. The van der Waals surface area contributed by atoms with Crippen molar-refractivity contribution in [3.8, 4) is 0 Å². The molecule has 0 spiro atoms. The second-order valence-electron chi connectivity index (χ2n) is 5.82. The highest BCUT2D eigenvalue weighted by Crippen LogP contribution is 2.36. The number of rotatable bonds is 7. The Labute approximate surface area is 138 Å². The van der Waals surface area contributed by atoms with Gasteiger partial charge in [0.25, 0.3) is 0 Å². The maximum Gasteiger partial charge on any atom is 0.225 e. The second-order valence-corrected chi connectivity index (χ2v) is 5.82. The first kappa shape index (κ1) is 17.5. The van der Waals surface area contributed by atoms with E-state index >= 15 is 0 Å². The number of carbonyl (C=O) groups excluding carboxylic acids is 2. The largest absolute Gasteiger partial charge is 0.385 e. The van der Waals surface area contributed by atoms with Crippen LogP contribution in [0.5, 0.6) is 0 Å². The minimum absolute atomic E-state index is 0.0286. The lowest BCUT2D eigenvalue weighted by Gasteiger charge is -2.40. The van der Waals surface area contributed by atoms with E-state index in [1.807, 2.05) is 42.2 Å². The number of hydrogen-bond donors (Lipinski definition) is 1. The summed E-state index contributed by atoms with van der Waals surface area (Å²) in [6, 6.07) is 9.68. The molecule has 126 valence electrons. The number of nitrogens with one attached hydrogen (secondary N) is 1. The molecule has 23 heavy (non-hydrogen) atoms. The minimum Gasteiger partial charge on any atom is -0.385 e. The number of likely N-dealkylation sites (tertiary alicyclic amines) is 1. The van der Waals surface area contributed by atoms with E-state index in [9.17, 15) is 9.59 Å². The molecular formula is C18H26N2O3. The number of piperidine rings is 1. The van der Waals surface area contributed by atoms with Gasteiger partial charge in [-0.3, -0.25) is 9.59 Å². The van der Waals surface area contributed by atoms with Crippen LogP contribution in [0, 0.1) is 5.92 Å². The van der Waals surface area contributed by atoms with E-state index in [1.54, 1.807) is 7.11 Å². The van der Waals surface area contributed by atoms with Gasteiger partial charge in [0.2, 0.25) is 11.8 Å². The second kappa shape index (κ2) is 8.67. The molecule has 1 aliphatic heterocycles. The van der Waals surface area contributed by atoms with E-state index in [-0.39, 0.29) is 23.8 Å². The molecule has 2 atom stereocenters. The summed E-state index contributed by atoms with van der Waals surface area (Å²) in [5.41, 5.74) is 1.03. The average molecular weight is 318 g/mol. The Balaban J connectivity index is 2.15. The Hall–Kier alpha value is -1.88. The van der Waals surface area contributed by atoms with Crippen LogP contribution in [0.4, 0.5) is 0 Å². The summed E-state index contributed by atoms with van der Waals surface area (Å²) in [5.74, 6) is -0.0386. The van der Waals surface area contributed by atoms with Crippen molar-refractivity contribution in [1.29, 1.82) is 0 Å². The third-order valence-corrected chi connectivity index (χ3v) is 4.35. The highest BCUT2D eigenvalue weighted by molar-refractivity contribution is 5.85. The van der Waals surface area contributed by atoms with Gasteiger partial charge in [0.05, 0.1) is 12.0 Å². The Kier molecular flexibility index (Phi) is 6.59. The normalized spacial score (nSPS) is 21.3. The lowest BCUT2D eigenvalue weighted by atomic mass is 9.83. The highest BCUT2D eigenvalue weighted by Gasteiger charge is 2.39. The number of carbonyl (C=O) groups is 2. The summed E-state index contributed by atoms with van der Waals surface area (Å²) in [4.78, 5) is 26.7. The molecule has 0 unspecified atom stereocenters. The first-order valence-electron chi connectivity index (χ1n) is 8.30. The molecule has 0 bridgehead atoms. The van der Waals surface area contributed by atoms with E-state index in [1.165, 1.54) is 0 Å². The van der Waals surface area contributed by atoms with Crippen LogP contribution in [-0.4, -0.2) is 43.5 Å². The molecule has 0 radical (unpaired) electrons. The van der Waals surface area contributed by atoms with Crippen molar-refractivity contribution in [1.82, 2.24) is 10.2 Å². The SMILES string of the molecule is CCN1C(=O)CC[C@@H](C(=O)NCCCOC)[C@@H]1c1ccccc1. The fourth-order valence-electron chi connectivity index (χ4n) is 3.22. The molecular weight excluding hydrogens is 292 g/mol. The molecule has 2 rings (SSSR count). The summed E-state index contributed by atoms with van der Waals surface area (Å²) in [6.07, 6.45) is 1.83. The molecule has 5 heteroatoms. The molecule has 1 aliphatic rings.